The molecule has 0 aliphatic rings. The predicted octanol–water partition coefficient (Wildman–Crippen LogP) is 2.33. The van der Waals surface area contributed by atoms with Crippen molar-refractivity contribution in [2.24, 2.45) is 11.7 Å². The Morgan fingerprint density at radius 2 is 1.67 bits per heavy atom. The molecular formula is C21H26FN3O2. The Kier molecular flexibility index (Phi) is 7.49. The summed E-state index contributed by atoms with van der Waals surface area (Å²) in [6, 6.07) is 14.6. The number of halogens is 1. The maximum atomic E-state index is 14.3. The van der Waals surface area contributed by atoms with Crippen molar-refractivity contribution >= 4 is 11.8 Å². The molecule has 5 nitrogen and oxygen atoms in total. The quantitative estimate of drug-likeness (QED) is 0.666. The smallest absolute Gasteiger partial charge is 0.239 e. The number of carbonyl (C=O) groups is 2. The summed E-state index contributed by atoms with van der Waals surface area (Å²) in [4.78, 5) is 24.2. The van der Waals surface area contributed by atoms with Crippen LogP contribution in [0.5, 0.6) is 0 Å². The van der Waals surface area contributed by atoms with E-state index in [0.29, 0.717) is 12.0 Å². The summed E-state index contributed by atoms with van der Waals surface area (Å²) in [5, 5.41) is 5.34. The van der Waals surface area contributed by atoms with Gasteiger partial charge in [-0.25, -0.2) is 4.39 Å². The Hall–Kier alpha value is -2.73. The van der Waals surface area contributed by atoms with E-state index in [4.69, 9.17) is 5.73 Å². The molecular weight excluding hydrogens is 345 g/mol. The average molecular weight is 371 g/mol. The lowest BCUT2D eigenvalue weighted by Gasteiger charge is -2.21. The van der Waals surface area contributed by atoms with Crippen LogP contribution in [0, 0.1) is 11.7 Å². The molecule has 0 aromatic heterocycles. The molecule has 0 saturated carbocycles. The minimum absolute atomic E-state index is 0.0303. The molecule has 6 heteroatoms. The number of rotatable bonds is 8. The molecule has 2 aromatic carbocycles. The molecule has 0 spiro atoms. The fraction of sp³-hybridized carbons (Fsp3) is 0.333. The van der Waals surface area contributed by atoms with E-state index < -0.39 is 18.0 Å². The molecule has 2 amide bonds. The lowest BCUT2D eigenvalue weighted by atomic mass is 9.98. The van der Waals surface area contributed by atoms with Crippen molar-refractivity contribution < 1.29 is 14.0 Å². The van der Waals surface area contributed by atoms with E-state index in [1.165, 1.54) is 6.07 Å². The van der Waals surface area contributed by atoms with Crippen LogP contribution in [0.1, 0.15) is 31.0 Å². The van der Waals surface area contributed by atoms with Gasteiger partial charge in [-0.15, -0.1) is 0 Å². The zero-order chi connectivity index (χ0) is 19.8. The van der Waals surface area contributed by atoms with Gasteiger partial charge in [-0.1, -0.05) is 62.4 Å². The minimum atomic E-state index is -0.676. The fourth-order valence-electron chi connectivity index (χ4n) is 2.68. The lowest BCUT2D eigenvalue weighted by Crippen LogP contribution is -2.47. The predicted molar refractivity (Wildman–Crippen MR) is 103 cm³/mol. The molecule has 2 aromatic rings. The Labute approximate surface area is 159 Å². The van der Waals surface area contributed by atoms with E-state index in [2.05, 4.69) is 10.6 Å². The van der Waals surface area contributed by atoms with Crippen LogP contribution >= 0.6 is 0 Å². The van der Waals surface area contributed by atoms with Gasteiger partial charge in [0.05, 0.1) is 18.6 Å². The summed E-state index contributed by atoms with van der Waals surface area (Å²) in [7, 11) is 0. The SMILES string of the molecule is CC(C)[C@H](N)C(=O)NCC(=O)NC(Cc1ccccc1)c1ccccc1F. The van der Waals surface area contributed by atoms with E-state index in [1.54, 1.807) is 18.2 Å². The topological polar surface area (TPSA) is 84.2 Å². The standard InChI is InChI=1S/C21H26FN3O2/c1-14(2)20(23)21(27)24-13-19(26)25-18(12-15-8-4-3-5-9-15)16-10-6-7-11-17(16)22/h3-11,14,18,20H,12-13,23H2,1-2H3,(H,24,27)(H,25,26)/t18?,20-/m0/s1. The molecule has 0 aliphatic carbocycles. The van der Waals surface area contributed by atoms with Crippen LogP contribution < -0.4 is 16.4 Å². The van der Waals surface area contributed by atoms with Gasteiger partial charge in [-0.05, 0) is 24.0 Å². The number of hydrogen-bond donors (Lipinski definition) is 3. The summed E-state index contributed by atoms with van der Waals surface area (Å²) >= 11 is 0. The molecule has 0 bridgehead atoms. The number of amides is 2. The molecule has 2 atom stereocenters. The monoisotopic (exact) mass is 371 g/mol. The van der Waals surface area contributed by atoms with Crippen LogP contribution in [0.4, 0.5) is 4.39 Å². The van der Waals surface area contributed by atoms with Gasteiger partial charge in [-0.3, -0.25) is 9.59 Å². The average Bonchev–Trinajstić information content (AvgIpc) is 2.66. The van der Waals surface area contributed by atoms with Crippen molar-refractivity contribution in [3.63, 3.8) is 0 Å². The number of hydrogen-bond acceptors (Lipinski definition) is 3. The maximum absolute atomic E-state index is 14.3. The van der Waals surface area contributed by atoms with Crippen molar-refractivity contribution in [1.29, 1.82) is 0 Å². The van der Waals surface area contributed by atoms with Crippen LogP contribution in [0.25, 0.3) is 0 Å². The number of nitrogens with two attached hydrogens (primary N) is 1. The second-order valence-electron chi connectivity index (χ2n) is 6.82. The van der Waals surface area contributed by atoms with Gasteiger partial charge < -0.3 is 16.4 Å². The Balaban J connectivity index is 2.06. The molecule has 0 aliphatic heterocycles. The number of nitrogens with one attached hydrogen (secondary N) is 2. The van der Waals surface area contributed by atoms with Gasteiger partial charge >= 0.3 is 0 Å². The highest BCUT2D eigenvalue weighted by molar-refractivity contribution is 5.87. The molecule has 1 unspecified atom stereocenters. The molecule has 4 N–H and O–H groups in total. The molecule has 27 heavy (non-hydrogen) atoms. The largest absolute Gasteiger partial charge is 0.347 e. The third kappa shape index (κ3) is 6.18. The van der Waals surface area contributed by atoms with Crippen molar-refractivity contribution in [2.75, 3.05) is 6.54 Å². The summed E-state index contributed by atoms with van der Waals surface area (Å²) in [6.07, 6.45) is 0.437. The van der Waals surface area contributed by atoms with Gasteiger partial charge in [0.25, 0.3) is 0 Å². The first-order chi connectivity index (χ1) is 12.9. The lowest BCUT2D eigenvalue weighted by molar-refractivity contribution is -0.127. The highest BCUT2D eigenvalue weighted by Gasteiger charge is 2.21. The fourth-order valence-corrected chi connectivity index (χ4v) is 2.68. The first kappa shape index (κ1) is 20.6. The van der Waals surface area contributed by atoms with Crippen LogP contribution in [-0.2, 0) is 16.0 Å². The highest BCUT2D eigenvalue weighted by atomic mass is 19.1. The maximum Gasteiger partial charge on any atom is 0.239 e. The first-order valence-electron chi connectivity index (χ1n) is 8.99. The third-order valence-electron chi connectivity index (χ3n) is 4.34. The van der Waals surface area contributed by atoms with Gasteiger partial charge in [0.1, 0.15) is 5.82 Å². The molecule has 0 fully saturated rings. The summed E-state index contributed by atoms with van der Waals surface area (Å²) in [5.41, 5.74) is 7.14. The second-order valence-corrected chi connectivity index (χ2v) is 6.82. The molecule has 2 rings (SSSR count). The number of carbonyl (C=O) groups excluding carboxylic acids is 2. The summed E-state index contributed by atoms with van der Waals surface area (Å²) in [6.45, 7) is 3.45. The van der Waals surface area contributed by atoms with Gasteiger partial charge in [0.15, 0.2) is 0 Å². The van der Waals surface area contributed by atoms with Crippen molar-refractivity contribution in [1.82, 2.24) is 10.6 Å². The van der Waals surface area contributed by atoms with E-state index in [-0.39, 0.29) is 24.2 Å². The first-order valence-corrected chi connectivity index (χ1v) is 8.99. The normalized spacial score (nSPS) is 13.1. The van der Waals surface area contributed by atoms with Crippen molar-refractivity contribution in [2.45, 2.75) is 32.4 Å². The zero-order valence-electron chi connectivity index (χ0n) is 15.6. The number of benzene rings is 2. The van der Waals surface area contributed by atoms with Crippen LogP contribution in [0.3, 0.4) is 0 Å². The van der Waals surface area contributed by atoms with Gasteiger partial charge in [0, 0.05) is 5.56 Å². The van der Waals surface area contributed by atoms with E-state index >= 15 is 0 Å². The summed E-state index contributed by atoms with van der Waals surface area (Å²) < 4.78 is 14.3. The molecule has 144 valence electrons. The van der Waals surface area contributed by atoms with Crippen LogP contribution in [0.15, 0.2) is 54.6 Å². The van der Waals surface area contributed by atoms with E-state index in [1.807, 2.05) is 44.2 Å². The van der Waals surface area contributed by atoms with Gasteiger partial charge in [0.2, 0.25) is 11.8 Å². The Bertz CT molecular complexity index is 765. The third-order valence-corrected chi connectivity index (χ3v) is 4.34. The summed E-state index contributed by atoms with van der Waals surface area (Å²) in [5.74, 6) is -1.20. The molecule has 0 radical (unpaired) electrons. The van der Waals surface area contributed by atoms with E-state index in [0.717, 1.165) is 5.56 Å². The Morgan fingerprint density at radius 1 is 1.04 bits per heavy atom. The minimum Gasteiger partial charge on any atom is -0.347 e. The highest BCUT2D eigenvalue weighted by Crippen LogP contribution is 2.21. The molecule has 0 saturated heterocycles. The molecule has 0 heterocycles. The van der Waals surface area contributed by atoms with E-state index in [9.17, 15) is 14.0 Å². The van der Waals surface area contributed by atoms with Crippen LogP contribution in [0.2, 0.25) is 0 Å². The Morgan fingerprint density at radius 3 is 2.30 bits per heavy atom. The van der Waals surface area contributed by atoms with Crippen LogP contribution in [-0.4, -0.2) is 24.4 Å². The van der Waals surface area contributed by atoms with Gasteiger partial charge in [-0.2, -0.15) is 0 Å². The van der Waals surface area contributed by atoms with Crippen molar-refractivity contribution in [3.8, 4) is 0 Å². The zero-order valence-corrected chi connectivity index (χ0v) is 15.6. The second kappa shape index (κ2) is 9.83. The van der Waals surface area contributed by atoms with Crippen molar-refractivity contribution in [3.05, 3.63) is 71.5 Å².